The molecule has 2 unspecified atom stereocenters. The van der Waals surface area contributed by atoms with Gasteiger partial charge in [0, 0.05) is 19.1 Å². The van der Waals surface area contributed by atoms with Crippen LogP contribution >= 0.6 is 11.6 Å². The maximum Gasteiger partial charge on any atom is 0.407 e. The van der Waals surface area contributed by atoms with Gasteiger partial charge in [-0.3, -0.25) is 0 Å². The van der Waals surface area contributed by atoms with Crippen molar-refractivity contribution in [1.82, 2.24) is 19.7 Å². The van der Waals surface area contributed by atoms with Crippen molar-refractivity contribution in [2.75, 3.05) is 13.1 Å². The minimum atomic E-state index is -0.942. The highest BCUT2D eigenvalue weighted by Gasteiger charge is 2.31. The minimum absolute atomic E-state index is 0.131. The summed E-state index contributed by atoms with van der Waals surface area (Å²) in [5.41, 5.74) is 5.93. The SMILES string of the molecule is NC1CCN(C(=O)O)CC1n1cnc(Cl)n1. The first-order valence-electron chi connectivity index (χ1n) is 4.88. The highest BCUT2D eigenvalue weighted by atomic mass is 35.5. The lowest BCUT2D eigenvalue weighted by molar-refractivity contribution is 0.112. The lowest BCUT2D eigenvalue weighted by Crippen LogP contribution is -2.49. The van der Waals surface area contributed by atoms with Crippen molar-refractivity contribution in [3.05, 3.63) is 11.6 Å². The van der Waals surface area contributed by atoms with Crippen LogP contribution in [0.3, 0.4) is 0 Å². The molecule has 2 heterocycles. The van der Waals surface area contributed by atoms with Crippen LogP contribution in [0.1, 0.15) is 12.5 Å². The van der Waals surface area contributed by atoms with E-state index in [0.717, 1.165) is 0 Å². The van der Waals surface area contributed by atoms with E-state index in [0.29, 0.717) is 19.5 Å². The van der Waals surface area contributed by atoms with Gasteiger partial charge < -0.3 is 15.7 Å². The molecule has 0 bridgehead atoms. The fourth-order valence-electron chi connectivity index (χ4n) is 1.82. The molecular weight excluding hydrogens is 234 g/mol. The molecule has 1 amide bonds. The van der Waals surface area contributed by atoms with Gasteiger partial charge in [-0.25, -0.2) is 14.5 Å². The lowest BCUT2D eigenvalue weighted by Gasteiger charge is -2.34. The van der Waals surface area contributed by atoms with E-state index in [1.54, 1.807) is 0 Å². The molecule has 1 aliphatic heterocycles. The van der Waals surface area contributed by atoms with Gasteiger partial charge in [-0.15, -0.1) is 5.10 Å². The molecule has 1 aromatic heterocycles. The van der Waals surface area contributed by atoms with Crippen LogP contribution in [0.4, 0.5) is 4.79 Å². The van der Waals surface area contributed by atoms with Crippen molar-refractivity contribution in [2.45, 2.75) is 18.5 Å². The van der Waals surface area contributed by atoms with E-state index in [1.165, 1.54) is 15.9 Å². The number of nitrogens with zero attached hydrogens (tertiary/aromatic N) is 4. The average Bonchev–Trinajstić information content (AvgIpc) is 2.65. The number of piperidine rings is 1. The second-order valence-electron chi connectivity index (χ2n) is 3.74. The largest absolute Gasteiger partial charge is 0.465 e. The van der Waals surface area contributed by atoms with Crippen LogP contribution in [-0.4, -0.2) is 50.0 Å². The van der Waals surface area contributed by atoms with Crippen molar-refractivity contribution in [3.8, 4) is 0 Å². The minimum Gasteiger partial charge on any atom is -0.465 e. The maximum atomic E-state index is 10.9. The van der Waals surface area contributed by atoms with Crippen molar-refractivity contribution >= 4 is 17.7 Å². The molecule has 0 radical (unpaired) electrons. The van der Waals surface area contributed by atoms with Gasteiger partial charge in [-0.2, -0.15) is 0 Å². The fraction of sp³-hybridized carbons (Fsp3) is 0.625. The zero-order chi connectivity index (χ0) is 11.7. The van der Waals surface area contributed by atoms with Crippen molar-refractivity contribution in [2.24, 2.45) is 5.73 Å². The predicted molar refractivity (Wildman–Crippen MR) is 56.3 cm³/mol. The second kappa shape index (κ2) is 4.26. The molecule has 1 fully saturated rings. The van der Waals surface area contributed by atoms with Crippen LogP contribution in [-0.2, 0) is 0 Å². The molecule has 2 atom stereocenters. The van der Waals surface area contributed by atoms with E-state index in [9.17, 15) is 4.79 Å². The number of carboxylic acid groups (broad SMARTS) is 1. The molecular formula is C8H12ClN5O2. The standard InChI is InChI=1S/C8H12ClN5O2/c9-7-11-4-14(12-7)6-3-13(8(15)16)2-1-5(6)10/h4-6H,1-3,10H2,(H,15,16). The molecule has 1 aliphatic rings. The fourth-order valence-corrected chi connectivity index (χ4v) is 1.95. The zero-order valence-electron chi connectivity index (χ0n) is 8.45. The first-order chi connectivity index (χ1) is 7.58. The number of carbonyl (C=O) groups is 1. The Kier molecular flexibility index (Phi) is 2.97. The van der Waals surface area contributed by atoms with Crippen molar-refractivity contribution < 1.29 is 9.90 Å². The summed E-state index contributed by atoms with van der Waals surface area (Å²) >= 11 is 5.61. The third-order valence-corrected chi connectivity index (χ3v) is 2.90. The number of aromatic nitrogens is 3. The van der Waals surface area contributed by atoms with Gasteiger partial charge in [-0.05, 0) is 18.0 Å². The monoisotopic (exact) mass is 245 g/mol. The van der Waals surface area contributed by atoms with Crippen molar-refractivity contribution in [1.29, 1.82) is 0 Å². The summed E-state index contributed by atoms with van der Waals surface area (Å²) in [5, 5.41) is 13.0. The summed E-state index contributed by atoms with van der Waals surface area (Å²) in [6.07, 6.45) is 1.13. The van der Waals surface area contributed by atoms with E-state index in [2.05, 4.69) is 10.1 Å². The van der Waals surface area contributed by atoms with E-state index in [1.807, 2.05) is 0 Å². The summed E-state index contributed by atoms with van der Waals surface area (Å²) in [4.78, 5) is 16.0. The van der Waals surface area contributed by atoms with Crippen LogP contribution in [0.25, 0.3) is 0 Å². The number of nitrogens with two attached hydrogens (primary N) is 1. The first kappa shape index (κ1) is 11.2. The van der Waals surface area contributed by atoms with Gasteiger partial charge in [0.2, 0.25) is 5.28 Å². The van der Waals surface area contributed by atoms with E-state index in [-0.39, 0.29) is 17.4 Å². The maximum absolute atomic E-state index is 10.9. The molecule has 1 saturated heterocycles. The average molecular weight is 246 g/mol. The molecule has 0 aliphatic carbocycles. The molecule has 2 rings (SSSR count). The van der Waals surface area contributed by atoms with Gasteiger partial charge in [0.15, 0.2) is 0 Å². The van der Waals surface area contributed by atoms with Crippen LogP contribution in [0, 0.1) is 0 Å². The van der Waals surface area contributed by atoms with Crippen LogP contribution < -0.4 is 5.73 Å². The Balaban J connectivity index is 2.15. The molecule has 16 heavy (non-hydrogen) atoms. The molecule has 88 valence electrons. The second-order valence-corrected chi connectivity index (χ2v) is 4.08. The van der Waals surface area contributed by atoms with Crippen LogP contribution in [0.5, 0.6) is 0 Å². The zero-order valence-corrected chi connectivity index (χ0v) is 9.21. The molecule has 1 aromatic rings. The molecule has 8 heteroatoms. The summed E-state index contributed by atoms with van der Waals surface area (Å²) in [6.45, 7) is 0.769. The summed E-state index contributed by atoms with van der Waals surface area (Å²) in [7, 11) is 0. The first-order valence-corrected chi connectivity index (χ1v) is 5.26. The number of halogens is 1. The third-order valence-electron chi connectivity index (χ3n) is 2.72. The van der Waals surface area contributed by atoms with Gasteiger partial charge >= 0.3 is 6.09 Å². The molecule has 0 spiro atoms. The molecule has 7 nitrogen and oxygen atoms in total. The highest BCUT2D eigenvalue weighted by molar-refractivity contribution is 6.28. The normalized spacial score (nSPS) is 25.8. The molecule has 0 saturated carbocycles. The number of amides is 1. The van der Waals surface area contributed by atoms with Gasteiger partial charge in [0.05, 0.1) is 6.04 Å². The van der Waals surface area contributed by atoms with Crippen LogP contribution in [0.15, 0.2) is 6.33 Å². The van der Waals surface area contributed by atoms with E-state index < -0.39 is 6.09 Å². The van der Waals surface area contributed by atoms with Crippen molar-refractivity contribution in [3.63, 3.8) is 0 Å². The summed E-state index contributed by atoms with van der Waals surface area (Å²) in [5.74, 6) is 0. The molecule has 3 N–H and O–H groups in total. The predicted octanol–water partition coefficient (Wildman–Crippen LogP) is 0.184. The van der Waals surface area contributed by atoms with Crippen LogP contribution in [0.2, 0.25) is 5.28 Å². The third kappa shape index (κ3) is 2.10. The quantitative estimate of drug-likeness (QED) is 0.736. The Morgan fingerprint density at radius 2 is 2.44 bits per heavy atom. The smallest absolute Gasteiger partial charge is 0.407 e. The Labute approximate surface area is 96.8 Å². The summed E-state index contributed by atoms with van der Waals surface area (Å²) in [6, 6.07) is -0.335. The Bertz CT molecular complexity index is 396. The topological polar surface area (TPSA) is 97.3 Å². The Morgan fingerprint density at radius 3 is 3.00 bits per heavy atom. The number of hydrogen-bond acceptors (Lipinski definition) is 4. The van der Waals surface area contributed by atoms with Gasteiger partial charge in [-0.1, -0.05) is 0 Å². The number of likely N-dealkylation sites (tertiary alicyclic amines) is 1. The lowest BCUT2D eigenvalue weighted by atomic mass is 10.0. The Morgan fingerprint density at radius 1 is 1.69 bits per heavy atom. The van der Waals surface area contributed by atoms with Gasteiger partial charge in [0.25, 0.3) is 0 Å². The summed E-state index contributed by atoms with van der Waals surface area (Å²) < 4.78 is 1.53. The molecule has 0 aromatic carbocycles. The van der Waals surface area contributed by atoms with Gasteiger partial charge in [0.1, 0.15) is 6.33 Å². The van der Waals surface area contributed by atoms with E-state index >= 15 is 0 Å². The van der Waals surface area contributed by atoms with E-state index in [4.69, 9.17) is 22.4 Å². The highest BCUT2D eigenvalue weighted by Crippen LogP contribution is 2.20. The Hall–Kier alpha value is -1.34. The number of rotatable bonds is 1. The number of hydrogen-bond donors (Lipinski definition) is 2.